The van der Waals surface area contributed by atoms with Crippen molar-refractivity contribution in [2.24, 2.45) is 0 Å². The number of hydrogen-bond donors (Lipinski definition) is 1. The van der Waals surface area contributed by atoms with Crippen LogP contribution in [0.1, 0.15) is 5.56 Å². The predicted octanol–water partition coefficient (Wildman–Crippen LogP) is 4.12. The van der Waals surface area contributed by atoms with Crippen LogP contribution in [0.5, 0.6) is 0 Å². The lowest BCUT2D eigenvalue weighted by Crippen LogP contribution is -2.15. The molecule has 0 fully saturated rings. The predicted molar refractivity (Wildman–Crippen MR) is 96.8 cm³/mol. The molecule has 23 heavy (non-hydrogen) atoms. The lowest BCUT2D eigenvalue weighted by molar-refractivity contribution is 0.919. The second-order valence-electron chi connectivity index (χ2n) is 5.17. The molecule has 4 rings (SSSR count). The van der Waals surface area contributed by atoms with Crippen molar-refractivity contribution in [2.45, 2.75) is 6.92 Å². The summed E-state index contributed by atoms with van der Waals surface area (Å²) in [7, 11) is 0. The molecule has 0 aliphatic heterocycles. The van der Waals surface area contributed by atoms with Gasteiger partial charge in [-0.05, 0) is 43.3 Å². The van der Waals surface area contributed by atoms with E-state index in [1.165, 1.54) is 15.9 Å². The Kier molecular flexibility index (Phi) is 3.39. The van der Waals surface area contributed by atoms with Gasteiger partial charge in [-0.15, -0.1) is 5.10 Å². The number of aromatic nitrogens is 3. The van der Waals surface area contributed by atoms with E-state index in [-0.39, 0.29) is 5.56 Å². The number of benzene rings is 2. The average Bonchev–Trinajstić information content (AvgIpc) is 2.93. The molecule has 0 bridgehead atoms. The minimum Gasteiger partial charge on any atom is -0.330 e. The maximum Gasteiger partial charge on any atom is 0.283 e. The normalized spacial score (nSPS) is 11.2. The fourth-order valence-electron chi connectivity index (χ4n) is 2.33. The number of hydrogen-bond acceptors (Lipinski definition) is 5. The molecule has 0 unspecified atom stereocenters. The molecule has 5 nitrogen and oxygen atoms in total. The molecule has 7 heteroatoms. The van der Waals surface area contributed by atoms with Crippen LogP contribution in [-0.4, -0.2) is 14.6 Å². The zero-order valence-electron chi connectivity index (χ0n) is 12.1. The minimum absolute atomic E-state index is 0.145. The standard InChI is InChI=1S/C16H11BrN4OS/c1-9-2-7-13-12(8-9)14(22)21-16(19-13)23-15(20-21)18-11-5-3-10(17)4-6-11/h2-8H,1H3,(H,18,20). The summed E-state index contributed by atoms with van der Waals surface area (Å²) in [5.74, 6) is 0. The molecule has 4 aromatic rings. The summed E-state index contributed by atoms with van der Waals surface area (Å²) in [6.45, 7) is 1.95. The third-order valence-corrected chi connectivity index (χ3v) is 4.80. The summed E-state index contributed by atoms with van der Waals surface area (Å²) in [6, 6.07) is 13.4. The van der Waals surface area contributed by atoms with Crippen molar-refractivity contribution in [2.75, 3.05) is 5.32 Å². The lowest BCUT2D eigenvalue weighted by atomic mass is 10.2. The fraction of sp³-hybridized carbons (Fsp3) is 0.0625. The first-order valence-corrected chi connectivity index (χ1v) is 8.54. The van der Waals surface area contributed by atoms with Crippen molar-refractivity contribution in [1.29, 1.82) is 0 Å². The van der Waals surface area contributed by atoms with Crippen LogP contribution in [0, 0.1) is 6.92 Å². The molecule has 0 atom stereocenters. The van der Waals surface area contributed by atoms with Crippen molar-refractivity contribution in [1.82, 2.24) is 14.6 Å². The monoisotopic (exact) mass is 386 g/mol. The highest BCUT2D eigenvalue weighted by Crippen LogP contribution is 2.24. The van der Waals surface area contributed by atoms with Crippen LogP contribution in [0.4, 0.5) is 10.8 Å². The minimum atomic E-state index is -0.145. The Morgan fingerprint density at radius 1 is 1.17 bits per heavy atom. The molecule has 0 saturated heterocycles. The Morgan fingerprint density at radius 2 is 1.96 bits per heavy atom. The van der Waals surface area contributed by atoms with Gasteiger partial charge >= 0.3 is 0 Å². The van der Waals surface area contributed by atoms with E-state index in [2.05, 4.69) is 31.3 Å². The van der Waals surface area contributed by atoms with Gasteiger partial charge in [0.2, 0.25) is 10.1 Å². The molecule has 0 saturated carbocycles. The zero-order valence-corrected chi connectivity index (χ0v) is 14.5. The van der Waals surface area contributed by atoms with Crippen LogP contribution >= 0.6 is 27.3 Å². The largest absolute Gasteiger partial charge is 0.330 e. The summed E-state index contributed by atoms with van der Waals surface area (Å²) >= 11 is 4.75. The van der Waals surface area contributed by atoms with Gasteiger partial charge in [-0.25, -0.2) is 4.98 Å². The second-order valence-corrected chi connectivity index (χ2v) is 7.04. The SMILES string of the molecule is Cc1ccc2nc3sc(Nc4ccc(Br)cc4)nn3c(=O)c2c1. The van der Waals surface area contributed by atoms with Crippen LogP contribution in [0.15, 0.2) is 51.7 Å². The first-order chi connectivity index (χ1) is 11.1. The number of fused-ring (bicyclic) bond motifs is 2. The van der Waals surface area contributed by atoms with Crippen molar-refractivity contribution in [3.8, 4) is 0 Å². The number of halogens is 1. The molecule has 0 aliphatic rings. The number of rotatable bonds is 2. The van der Waals surface area contributed by atoms with E-state index >= 15 is 0 Å². The Hall–Kier alpha value is -2.25. The number of nitrogens with one attached hydrogen (secondary N) is 1. The highest BCUT2D eigenvalue weighted by atomic mass is 79.9. The maximum atomic E-state index is 12.6. The zero-order chi connectivity index (χ0) is 16.0. The summed E-state index contributed by atoms with van der Waals surface area (Å²) in [5.41, 5.74) is 2.48. The van der Waals surface area contributed by atoms with E-state index < -0.39 is 0 Å². The van der Waals surface area contributed by atoms with Crippen LogP contribution in [0.3, 0.4) is 0 Å². The summed E-state index contributed by atoms with van der Waals surface area (Å²) in [6.07, 6.45) is 0. The smallest absolute Gasteiger partial charge is 0.283 e. The van der Waals surface area contributed by atoms with Gasteiger partial charge in [-0.2, -0.15) is 4.52 Å². The molecule has 114 valence electrons. The summed E-state index contributed by atoms with van der Waals surface area (Å²) < 4.78 is 2.36. The van der Waals surface area contributed by atoms with Gasteiger partial charge in [0, 0.05) is 10.2 Å². The molecule has 0 amide bonds. The molecule has 1 N–H and O–H groups in total. The number of anilines is 2. The van der Waals surface area contributed by atoms with Crippen molar-refractivity contribution >= 4 is 53.9 Å². The topological polar surface area (TPSA) is 59.3 Å². The molecule has 2 aromatic carbocycles. The van der Waals surface area contributed by atoms with E-state index in [9.17, 15) is 4.79 Å². The van der Waals surface area contributed by atoms with Crippen LogP contribution in [0.25, 0.3) is 15.9 Å². The Labute approximate surface area is 143 Å². The third kappa shape index (κ3) is 2.62. The summed E-state index contributed by atoms with van der Waals surface area (Å²) in [5, 5.41) is 8.76. The molecule has 0 aliphatic carbocycles. The number of nitrogens with zero attached hydrogens (tertiary/aromatic N) is 3. The van der Waals surface area contributed by atoms with Gasteiger partial charge in [-0.1, -0.05) is 38.9 Å². The van der Waals surface area contributed by atoms with E-state index in [4.69, 9.17) is 0 Å². The molecular formula is C16H11BrN4OS. The van der Waals surface area contributed by atoms with Gasteiger partial charge in [-0.3, -0.25) is 4.79 Å². The molecule has 0 spiro atoms. The van der Waals surface area contributed by atoms with E-state index in [1.807, 2.05) is 49.4 Å². The van der Waals surface area contributed by atoms with E-state index in [1.54, 1.807) is 0 Å². The Bertz CT molecular complexity index is 1090. The van der Waals surface area contributed by atoms with Crippen LogP contribution in [0.2, 0.25) is 0 Å². The molecule has 2 heterocycles. The van der Waals surface area contributed by atoms with Crippen LogP contribution < -0.4 is 10.9 Å². The lowest BCUT2D eigenvalue weighted by Gasteiger charge is -2.00. The first kappa shape index (κ1) is 14.3. The maximum absolute atomic E-state index is 12.6. The third-order valence-electron chi connectivity index (χ3n) is 3.45. The number of aryl methyl sites for hydroxylation is 1. The average molecular weight is 387 g/mol. The van der Waals surface area contributed by atoms with Gasteiger partial charge in [0.15, 0.2) is 0 Å². The quantitative estimate of drug-likeness (QED) is 0.562. The Balaban J connectivity index is 1.84. The summed E-state index contributed by atoms with van der Waals surface area (Å²) in [4.78, 5) is 17.7. The fourth-order valence-corrected chi connectivity index (χ4v) is 3.41. The van der Waals surface area contributed by atoms with Gasteiger partial charge < -0.3 is 5.32 Å². The highest BCUT2D eigenvalue weighted by molar-refractivity contribution is 9.10. The van der Waals surface area contributed by atoms with E-state index in [0.29, 0.717) is 21.0 Å². The Morgan fingerprint density at radius 3 is 2.74 bits per heavy atom. The molecular weight excluding hydrogens is 376 g/mol. The van der Waals surface area contributed by atoms with Crippen molar-refractivity contribution in [3.63, 3.8) is 0 Å². The molecule has 2 aromatic heterocycles. The van der Waals surface area contributed by atoms with Crippen molar-refractivity contribution in [3.05, 3.63) is 62.9 Å². The highest BCUT2D eigenvalue weighted by Gasteiger charge is 2.11. The molecule has 0 radical (unpaired) electrons. The van der Waals surface area contributed by atoms with E-state index in [0.717, 1.165) is 15.7 Å². The van der Waals surface area contributed by atoms with Crippen molar-refractivity contribution < 1.29 is 0 Å². The first-order valence-electron chi connectivity index (χ1n) is 6.93. The van der Waals surface area contributed by atoms with Gasteiger partial charge in [0.1, 0.15) is 0 Å². The van der Waals surface area contributed by atoms with Gasteiger partial charge in [0.05, 0.1) is 10.9 Å². The van der Waals surface area contributed by atoms with Crippen LogP contribution in [-0.2, 0) is 0 Å². The van der Waals surface area contributed by atoms with Gasteiger partial charge in [0.25, 0.3) is 5.56 Å². The second kappa shape index (κ2) is 5.43.